The summed E-state index contributed by atoms with van der Waals surface area (Å²) in [7, 11) is -1.21. The van der Waals surface area contributed by atoms with Gasteiger partial charge in [0.05, 0.1) is 13.2 Å². The van der Waals surface area contributed by atoms with Crippen LogP contribution in [0.25, 0.3) is 0 Å². The number of morpholine rings is 1. The summed E-state index contributed by atoms with van der Waals surface area (Å²) in [6, 6.07) is 9.58. The molecule has 0 N–H and O–H groups in total. The van der Waals surface area contributed by atoms with Crippen LogP contribution >= 0.6 is 0 Å². The van der Waals surface area contributed by atoms with Gasteiger partial charge in [0.15, 0.2) is 11.0 Å². The third-order valence-electron chi connectivity index (χ3n) is 2.26. The molecule has 1 fully saturated rings. The Morgan fingerprint density at radius 1 is 1.19 bits per heavy atom. The summed E-state index contributed by atoms with van der Waals surface area (Å²) < 4.78 is 18.8. The van der Waals surface area contributed by atoms with Gasteiger partial charge in [-0.05, 0) is 12.1 Å². The molecular formula is C12H13NO2S. The van der Waals surface area contributed by atoms with Crippen molar-refractivity contribution < 1.29 is 8.95 Å². The Morgan fingerprint density at radius 2 is 1.88 bits per heavy atom. The molecule has 0 radical (unpaired) electrons. The molecule has 1 aromatic carbocycles. The lowest BCUT2D eigenvalue weighted by Gasteiger charge is -2.22. The molecule has 2 rings (SSSR count). The van der Waals surface area contributed by atoms with E-state index in [1.54, 1.807) is 0 Å². The second-order valence-electron chi connectivity index (χ2n) is 3.38. The van der Waals surface area contributed by atoms with Crippen molar-refractivity contribution >= 4 is 11.0 Å². The van der Waals surface area contributed by atoms with Crippen LogP contribution in [-0.2, 0) is 15.7 Å². The van der Waals surface area contributed by atoms with E-state index in [1.807, 2.05) is 34.6 Å². The van der Waals surface area contributed by atoms with Crippen LogP contribution in [0.1, 0.15) is 5.56 Å². The molecule has 0 aromatic heterocycles. The SMILES string of the molecule is O=S(C#Cc1ccccc1)N1CCOCC1. The molecule has 0 saturated carbocycles. The fourth-order valence-electron chi connectivity index (χ4n) is 1.40. The summed E-state index contributed by atoms with van der Waals surface area (Å²) in [6.45, 7) is 2.66. The molecule has 3 nitrogen and oxygen atoms in total. The number of rotatable bonds is 1. The van der Waals surface area contributed by atoms with Crippen LogP contribution in [0.5, 0.6) is 0 Å². The van der Waals surface area contributed by atoms with Crippen molar-refractivity contribution in [3.05, 3.63) is 35.9 Å². The first kappa shape index (κ1) is 11.3. The van der Waals surface area contributed by atoms with E-state index in [2.05, 4.69) is 11.2 Å². The zero-order valence-electron chi connectivity index (χ0n) is 8.89. The molecule has 0 bridgehead atoms. The van der Waals surface area contributed by atoms with Crippen LogP contribution in [0.3, 0.4) is 0 Å². The third-order valence-corrected chi connectivity index (χ3v) is 3.37. The van der Waals surface area contributed by atoms with Crippen molar-refractivity contribution in [3.63, 3.8) is 0 Å². The van der Waals surface area contributed by atoms with Crippen molar-refractivity contribution in [2.75, 3.05) is 26.3 Å². The maximum atomic E-state index is 11.8. The van der Waals surface area contributed by atoms with Crippen molar-refractivity contribution in [3.8, 4) is 11.2 Å². The molecule has 1 heterocycles. The standard InChI is InChI=1S/C12H13NO2S/c14-16(13-7-9-15-10-8-13)11-6-12-4-2-1-3-5-12/h1-5H,7-10H2. The number of ether oxygens (including phenoxy) is 1. The van der Waals surface area contributed by atoms with Gasteiger partial charge in [-0.25, -0.2) is 8.51 Å². The molecule has 1 aliphatic rings. The minimum absolute atomic E-state index is 0.638. The number of benzene rings is 1. The van der Waals surface area contributed by atoms with Gasteiger partial charge in [0.25, 0.3) is 0 Å². The topological polar surface area (TPSA) is 29.5 Å². The van der Waals surface area contributed by atoms with E-state index >= 15 is 0 Å². The Hall–Kier alpha value is -1.15. The Morgan fingerprint density at radius 3 is 2.56 bits per heavy atom. The van der Waals surface area contributed by atoms with Crippen LogP contribution in [-0.4, -0.2) is 34.8 Å². The summed E-state index contributed by atoms with van der Waals surface area (Å²) in [5.74, 6) is 2.91. The molecule has 1 aromatic rings. The zero-order chi connectivity index (χ0) is 11.2. The number of hydrogen-bond acceptors (Lipinski definition) is 2. The average molecular weight is 235 g/mol. The Bertz CT molecular complexity index is 416. The minimum Gasteiger partial charge on any atom is -0.379 e. The quantitative estimate of drug-likeness (QED) is 0.679. The van der Waals surface area contributed by atoms with E-state index in [1.165, 1.54) is 0 Å². The van der Waals surface area contributed by atoms with Crippen molar-refractivity contribution in [1.29, 1.82) is 0 Å². The Labute approximate surface area is 98.0 Å². The van der Waals surface area contributed by atoms with Gasteiger partial charge in [0, 0.05) is 23.9 Å². The van der Waals surface area contributed by atoms with Crippen molar-refractivity contribution in [1.82, 2.24) is 4.31 Å². The highest BCUT2D eigenvalue weighted by molar-refractivity contribution is 7.87. The second-order valence-corrected chi connectivity index (χ2v) is 4.60. The van der Waals surface area contributed by atoms with E-state index in [4.69, 9.17) is 4.74 Å². The fourth-order valence-corrected chi connectivity index (χ4v) is 2.22. The molecule has 0 spiro atoms. The lowest BCUT2D eigenvalue weighted by Crippen LogP contribution is -2.36. The largest absolute Gasteiger partial charge is 0.379 e. The van der Waals surface area contributed by atoms with Crippen molar-refractivity contribution in [2.45, 2.75) is 0 Å². The summed E-state index contributed by atoms with van der Waals surface area (Å²) >= 11 is 0. The molecule has 0 amide bonds. The van der Waals surface area contributed by atoms with Gasteiger partial charge < -0.3 is 4.74 Å². The number of hydrogen-bond donors (Lipinski definition) is 0. The highest BCUT2D eigenvalue weighted by atomic mass is 32.2. The van der Waals surface area contributed by atoms with E-state index in [0.717, 1.165) is 5.56 Å². The van der Waals surface area contributed by atoms with E-state index in [9.17, 15) is 4.21 Å². The van der Waals surface area contributed by atoms with Crippen LogP contribution in [0.4, 0.5) is 0 Å². The zero-order valence-corrected chi connectivity index (χ0v) is 9.70. The lowest BCUT2D eigenvalue weighted by atomic mass is 10.2. The van der Waals surface area contributed by atoms with E-state index in [0.29, 0.717) is 26.3 Å². The summed E-state index contributed by atoms with van der Waals surface area (Å²) in [6.07, 6.45) is 0. The molecule has 1 atom stereocenters. The smallest absolute Gasteiger partial charge is 0.174 e. The molecule has 1 saturated heterocycles. The maximum Gasteiger partial charge on any atom is 0.174 e. The van der Waals surface area contributed by atoms with Gasteiger partial charge in [-0.15, -0.1) is 0 Å². The highest BCUT2D eigenvalue weighted by Crippen LogP contribution is 2.01. The maximum absolute atomic E-state index is 11.8. The third kappa shape index (κ3) is 3.17. The molecular weight excluding hydrogens is 222 g/mol. The summed E-state index contributed by atoms with van der Waals surface area (Å²) in [5, 5.41) is 2.76. The molecule has 1 unspecified atom stereocenters. The predicted molar refractivity (Wildman–Crippen MR) is 63.9 cm³/mol. The fraction of sp³-hybridized carbons (Fsp3) is 0.333. The highest BCUT2D eigenvalue weighted by Gasteiger charge is 2.14. The van der Waals surface area contributed by atoms with Crippen molar-refractivity contribution in [2.24, 2.45) is 0 Å². The van der Waals surface area contributed by atoms with Crippen LogP contribution in [0.15, 0.2) is 30.3 Å². The average Bonchev–Trinajstić information content (AvgIpc) is 2.38. The summed E-state index contributed by atoms with van der Waals surface area (Å²) in [4.78, 5) is 0. The molecule has 16 heavy (non-hydrogen) atoms. The normalized spacial score (nSPS) is 18.5. The first-order valence-electron chi connectivity index (χ1n) is 5.17. The molecule has 4 heteroatoms. The van der Waals surface area contributed by atoms with Crippen LogP contribution < -0.4 is 0 Å². The monoisotopic (exact) mass is 235 g/mol. The van der Waals surface area contributed by atoms with Gasteiger partial charge in [-0.2, -0.15) is 0 Å². The molecule has 0 aliphatic carbocycles. The number of nitrogens with zero attached hydrogens (tertiary/aromatic N) is 1. The summed E-state index contributed by atoms with van der Waals surface area (Å²) in [5.41, 5.74) is 0.893. The second kappa shape index (κ2) is 5.80. The van der Waals surface area contributed by atoms with Gasteiger partial charge in [-0.3, -0.25) is 0 Å². The molecule has 84 valence electrons. The first-order chi connectivity index (χ1) is 7.86. The van der Waals surface area contributed by atoms with E-state index < -0.39 is 11.0 Å². The predicted octanol–water partition coefficient (Wildman–Crippen LogP) is 0.992. The minimum atomic E-state index is -1.21. The molecule has 1 aliphatic heterocycles. The van der Waals surface area contributed by atoms with Gasteiger partial charge in [0.1, 0.15) is 0 Å². The first-order valence-corrected chi connectivity index (χ1v) is 6.28. The van der Waals surface area contributed by atoms with Gasteiger partial charge in [-0.1, -0.05) is 24.1 Å². The van der Waals surface area contributed by atoms with E-state index in [-0.39, 0.29) is 0 Å². The van der Waals surface area contributed by atoms with Crippen LogP contribution in [0.2, 0.25) is 0 Å². The van der Waals surface area contributed by atoms with Crippen LogP contribution in [0, 0.1) is 11.2 Å². The Kier molecular flexibility index (Phi) is 4.11. The lowest BCUT2D eigenvalue weighted by molar-refractivity contribution is 0.0757. The van der Waals surface area contributed by atoms with Gasteiger partial charge >= 0.3 is 0 Å². The van der Waals surface area contributed by atoms with Gasteiger partial charge in [0.2, 0.25) is 0 Å². The Balaban J connectivity index is 1.99.